The Bertz CT molecular complexity index is 1650. The van der Waals surface area contributed by atoms with Crippen molar-refractivity contribution in [2.45, 2.75) is 80.1 Å². The number of nitrogens with zero attached hydrogens (tertiary/aromatic N) is 2. The normalized spacial score (nSPS) is 12.2. The highest BCUT2D eigenvalue weighted by molar-refractivity contribution is 7.00. The first-order chi connectivity index (χ1) is 20.3. The summed E-state index contributed by atoms with van der Waals surface area (Å²) in [4.78, 5) is 27.2. The van der Waals surface area contributed by atoms with E-state index in [0.29, 0.717) is 45.0 Å². The standard InChI is InChI=1S/C34H38N2O6S/c1-18(2)40-29-15-23(16-30(41-19(3)4)33(29)42-20(5)6)14-26(32(37)25-10-9-21(7)22(8)13-25)31(34(38)39)24-11-12-27-28(17-24)36-43-35-27/h9-13,15-20H,14H2,1-8H3,(H,38,39). The molecule has 1 heterocycles. The molecule has 4 aromatic rings. The van der Waals surface area contributed by atoms with Crippen molar-refractivity contribution in [1.29, 1.82) is 0 Å². The molecule has 0 saturated carbocycles. The molecular weight excluding hydrogens is 564 g/mol. The molecule has 0 amide bonds. The summed E-state index contributed by atoms with van der Waals surface area (Å²) in [5.74, 6) is -0.209. The third kappa shape index (κ3) is 7.59. The van der Waals surface area contributed by atoms with E-state index >= 15 is 0 Å². The second kappa shape index (κ2) is 13.4. The van der Waals surface area contributed by atoms with E-state index in [1.807, 2.05) is 61.5 Å². The van der Waals surface area contributed by atoms with Crippen molar-refractivity contribution < 1.29 is 28.9 Å². The van der Waals surface area contributed by atoms with Gasteiger partial charge in [-0.15, -0.1) is 0 Å². The Morgan fingerprint density at radius 3 is 1.88 bits per heavy atom. The Morgan fingerprint density at radius 1 is 0.744 bits per heavy atom. The summed E-state index contributed by atoms with van der Waals surface area (Å²) in [6.45, 7) is 15.4. The van der Waals surface area contributed by atoms with Gasteiger partial charge >= 0.3 is 5.97 Å². The van der Waals surface area contributed by atoms with Crippen LogP contribution in [0.3, 0.4) is 0 Å². The van der Waals surface area contributed by atoms with Crippen molar-refractivity contribution in [2.24, 2.45) is 0 Å². The van der Waals surface area contributed by atoms with Gasteiger partial charge in [0.25, 0.3) is 0 Å². The summed E-state index contributed by atoms with van der Waals surface area (Å²) in [5, 5.41) is 10.6. The fourth-order valence-corrected chi connectivity index (χ4v) is 5.19. The molecule has 9 heteroatoms. The number of carbonyl (C=O) groups excluding carboxylic acids is 1. The Kier molecular flexibility index (Phi) is 9.86. The van der Waals surface area contributed by atoms with Gasteiger partial charge in [-0.3, -0.25) is 4.79 Å². The average molecular weight is 603 g/mol. The maximum atomic E-state index is 14.2. The van der Waals surface area contributed by atoms with Gasteiger partial charge in [-0.05, 0) is 108 Å². The SMILES string of the molecule is Cc1ccc(C(=O)C(Cc2cc(OC(C)C)c(OC(C)C)c(OC(C)C)c2)=C(C(=O)O)c2ccc3nsnc3c2)cc1C. The van der Waals surface area contributed by atoms with Crippen molar-refractivity contribution in [3.05, 3.63) is 81.9 Å². The van der Waals surface area contributed by atoms with Crippen LogP contribution in [0.25, 0.3) is 16.6 Å². The molecular formula is C34H38N2O6S. The Balaban J connectivity index is 1.97. The first-order valence-electron chi connectivity index (χ1n) is 14.3. The number of benzene rings is 3. The first-order valence-corrected chi connectivity index (χ1v) is 15.0. The summed E-state index contributed by atoms with van der Waals surface area (Å²) in [6, 6.07) is 14.0. The van der Waals surface area contributed by atoms with Crippen LogP contribution in [0.1, 0.15) is 74.2 Å². The maximum Gasteiger partial charge on any atom is 0.336 e. The van der Waals surface area contributed by atoms with E-state index in [0.717, 1.165) is 22.9 Å². The second-order valence-corrected chi connectivity index (χ2v) is 11.9. The highest BCUT2D eigenvalue weighted by Gasteiger charge is 2.27. The number of carboxylic acid groups (broad SMARTS) is 1. The molecule has 0 aliphatic rings. The largest absolute Gasteiger partial charge is 0.487 e. The number of hydrogen-bond acceptors (Lipinski definition) is 8. The molecule has 1 N–H and O–H groups in total. The van der Waals surface area contributed by atoms with Crippen molar-refractivity contribution in [3.63, 3.8) is 0 Å². The van der Waals surface area contributed by atoms with E-state index in [1.165, 1.54) is 0 Å². The zero-order valence-corrected chi connectivity index (χ0v) is 26.7. The van der Waals surface area contributed by atoms with Crippen molar-refractivity contribution in [1.82, 2.24) is 8.75 Å². The van der Waals surface area contributed by atoms with Gasteiger partial charge in [0.05, 0.1) is 35.6 Å². The molecule has 1 aromatic heterocycles. The van der Waals surface area contributed by atoms with Gasteiger partial charge in [-0.25, -0.2) is 4.79 Å². The minimum absolute atomic E-state index is 0.00557. The molecule has 0 spiro atoms. The highest BCUT2D eigenvalue weighted by atomic mass is 32.1. The Hall–Kier alpha value is -4.24. The van der Waals surface area contributed by atoms with Crippen LogP contribution >= 0.6 is 11.7 Å². The van der Waals surface area contributed by atoms with Gasteiger partial charge < -0.3 is 19.3 Å². The van der Waals surface area contributed by atoms with Crippen molar-refractivity contribution >= 4 is 40.1 Å². The van der Waals surface area contributed by atoms with Crippen LogP contribution in [0.4, 0.5) is 0 Å². The van der Waals surface area contributed by atoms with Crippen LogP contribution in [0.2, 0.25) is 0 Å². The van der Waals surface area contributed by atoms with E-state index in [9.17, 15) is 14.7 Å². The molecule has 4 rings (SSSR count). The van der Waals surface area contributed by atoms with Crippen LogP contribution in [-0.2, 0) is 11.2 Å². The number of carboxylic acids is 1. The number of aromatic nitrogens is 2. The maximum absolute atomic E-state index is 14.2. The van der Waals surface area contributed by atoms with Gasteiger partial charge in [0.1, 0.15) is 11.0 Å². The quantitative estimate of drug-likeness (QED) is 0.130. The van der Waals surface area contributed by atoms with E-state index in [4.69, 9.17) is 14.2 Å². The molecule has 0 saturated heterocycles. The lowest BCUT2D eigenvalue weighted by atomic mass is 9.88. The van der Waals surface area contributed by atoms with Crippen molar-refractivity contribution in [2.75, 3.05) is 0 Å². The van der Waals surface area contributed by atoms with Gasteiger partial charge in [-0.1, -0.05) is 18.2 Å². The fourth-order valence-electron chi connectivity index (χ4n) is 4.68. The molecule has 0 fully saturated rings. The van der Waals surface area contributed by atoms with E-state index < -0.39 is 5.97 Å². The molecule has 8 nitrogen and oxygen atoms in total. The number of aryl methyl sites for hydroxylation is 2. The molecule has 226 valence electrons. The van der Waals surface area contributed by atoms with Crippen LogP contribution in [0.15, 0.2) is 54.1 Å². The van der Waals surface area contributed by atoms with Crippen LogP contribution in [0, 0.1) is 13.8 Å². The number of rotatable bonds is 12. The van der Waals surface area contributed by atoms with E-state index in [2.05, 4.69) is 8.75 Å². The second-order valence-electron chi connectivity index (χ2n) is 11.4. The molecule has 43 heavy (non-hydrogen) atoms. The predicted molar refractivity (Wildman–Crippen MR) is 170 cm³/mol. The molecule has 0 aliphatic carbocycles. The van der Waals surface area contributed by atoms with Crippen molar-refractivity contribution in [3.8, 4) is 17.2 Å². The number of Topliss-reactive ketones (excluding diaryl/α,β-unsaturated/α-hetero) is 1. The molecule has 0 aliphatic heterocycles. The number of ether oxygens (including phenoxy) is 3. The topological polar surface area (TPSA) is 108 Å². The highest BCUT2D eigenvalue weighted by Crippen LogP contribution is 2.42. The van der Waals surface area contributed by atoms with E-state index in [-0.39, 0.29) is 41.7 Å². The average Bonchev–Trinajstić information content (AvgIpc) is 3.38. The predicted octanol–water partition coefficient (Wildman–Crippen LogP) is 7.63. The smallest absolute Gasteiger partial charge is 0.336 e. The van der Waals surface area contributed by atoms with E-state index in [1.54, 1.807) is 42.5 Å². The summed E-state index contributed by atoms with van der Waals surface area (Å²) in [6.07, 6.45) is -0.481. The number of hydrogen-bond donors (Lipinski definition) is 1. The number of aliphatic carboxylic acids is 1. The molecule has 0 radical (unpaired) electrons. The zero-order valence-electron chi connectivity index (χ0n) is 25.8. The third-order valence-electron chi connectivity index (χ3n) is 6.64. The molecule has 0 unspecified atom stereocenters. The minimum Gasteiger partial charge on any atom is -0.487 e. The lowest BCUT2D eigenvalue weighted by Gasteiger charge is -2.23. The number of allylic oxidation sites excluding steroid dienone is 1. The van der Waals surface area contributed by atoms with Crippen LogP contribution < -0.4 is 14.2 Å². The number of fused-ring (bicyclic) bond motifs is 1. The summed E-state index contributed by atoms with van der Waals surface area (Å²) < 4.78 is 27.0. The summed E-state index contributed by atoms with van der Waals surface area (Å²) >= 11 is 1.05. The van der Waals surface area contributed by atoms with Gasteiger partial charge in [0.2, 0.25) is 5.75 Å². The van der Waals surface area contributed by atoms with Crippen LogP contribution in [0.5, 0.6) is 17.2 Å². The fraction of sp³-hybridized carbons (Fsp3) is 0.353. The van der Waals surface area contributed by atoms with Gasteiger partial charge in [0.15, 0.2) is 17.3 Å². The Labute approximate surface area is 256 Å². The lowest BCUT2D eigenvalue weighted by Crippen LogP contribution is -2.16. The summed E-state index contributed by atoms with van der Waals surface area (Å²) in [5.41, 5.74) is 4.65. The Morgan fingerprint density at radius 2 is 1.33 bits per heavy atom. The summed E-state index contributed by atoms with van der Waals surface area (Å²) in [7, 11) is 0. The first kappa shape index (κ1) is 31.7. The van der Waals surface area contributed by atoms with Gasteiger partial charge in [0, 0.05) is 17.6 Å². The molecule has 0 atom stereocenters. The number of ketones is 1. The molecule has 0 bridgehead atoms. The number of carbonyl (C=O) groups is 2. The zero-order chi connectivity index (χ0) is 31.4. The lowest BCUT2D eigenvalue weighted by molar-refractivity contribution is -0.130. The minimum atomic E-state index is -1.22. The molecule has 3 aromatic carbocycles. The monoisotopic (exact) mass is 602 g/mol. The third-order valence-corrected chi connectivity index (χ3v) is 7.20. The van der Waals surface area contributed by atoms with Gasteiger partial charge in [-0.2, -0.15) is 8.75 Å². The van der Waals surface area contributed by atoms with Crippen LogP contribution in [-0.4, -0.2) is 43.9 Å².